The van der Waals surface area contributed by atoms with E-state index in [1.165, 1.54) is 16.7 Å². The summed E-state index contributed by atoms with van der Waals surface area (Å²) in [5.41, 5.74) is -0.668. The highest BCUT2D eigenvalue weighted by Crippen LogP contribution is 2.35. The van der Waals surface area contributed by atoms with E-state index in [0.29, 0.717) is 0 Å². The van der Waals surface area contributed by atoms with Gasteiger partial charge in [-0.15, -0.1) is 0 Å². The second kappa shape index (κ2) is 3.87. The minimum Gasteiger partial charge on any atom is -0.323 e. The van der Waals surface area contributed by atoms with Crippen molar-refractivity contribution in [2.45, 2.75) is 6.18 Å². The number of hydrogen-bond donors (Lipinski definition) is 0. The molecule has 0 aliphatic rings. The Labute approximate surface area is 95.1 Å². The minimum atomic E-state index is -4.41. The van der Waals surface area contributed by atoms with Crippen LogP contribution in [0.25, 0.3) is 5.69 Å². The Hall–Kier alpha value is -1.42. The van der Waals surface area contributed by atoms with E-state index >= 15 is 0 Å². The third kappa shape index (κ3) is 2.07. The molecule has 0 radical (unpaired) electrons. The highest BCUT2D eigenvalue weighted by atomic mass is 35.5. The van der Waals surface area contributed by atoms with Crippen LogP contribution in [0.5, 0.6) is 0 Å². The van der Waals surface area contributed by atoms with Crippen molar-refractivity contribution in [3.05, 3.63) is 53.3 Å². The lowest BCUT2D eigenvalue weighted by atomic mass is 10.1. The van der Waals surface area contributed by atoms with Crippen molar-refractivity contribution in [2.24, 2.45) is 0 Å². The first-order valence-electron chi connectivity index (χ1n) is 4.48. The number of aromatic nitrogens is 1. The van der Waals surface area contributed by atoms with Gasteiger partial charge in [-0.2, -0.15) is 13.2 Å². The van der Waals surface area contributed by atoms with E-state index in [0.717, 1.165) is 6.07 Å². The fourth-order valence-corrected chi connectivity index (χ4v) is 1.63. The molecule has 1 aromatic carbocycles. The molecule has 1 nitrogen and oxygen atoms in total. The molecule has 16 heavy (non-hydrogen) atoms. The third-order valence-corrected chi connectivity index (χ3v) is 2.38. The maximum Gasteiger partial charge on any atom is 0.418 e. The highest BCUT2D eigenvalue weighted by molar-refractivity contribution is 6.30. The van der Waals surface area contributed by atoms with E-state index in [-0.39, 0.29) is 10.7 Å². The molecule has 1 heterocycles. The molecule has 0 spiro atoms. The van der Waals surface area contributed by atoms with Crippen LogP contribution in [0.4, 0.5) is 13.2 Å². The molecule has 0 aliphatic carbocycles. The molecule has 5 heteroatoms. The van der Waals surface area contributed by atoms with Gasteiger partial charge in [0.05, 0.1) is 11.3 Å². The van der Waals surface area contributed by atoms with E-state index in [2.05, 4.69) is 0 Å². The molecule has 84 valence electrons. The summed E-state index contributed by atoms with van der Waals surface area (Å²) in [5.74, 6) is 0. The summed E-state index contributed by atoms with van der Waals surface area (Å²) in [5, 5.41) is 0.0724. The zero-order valence-electron chi connectivity index (χ0n) is 8.00. The number of benzene rings is 1. The minimum absolute atomic E-state index is 0.0712. The second-order valence-electron chi connectivity index (χ2n) is 3.25. The van der Waals surface area contributed by atoms with Gasteiger partial charge in [-0.1, -0.05) is 11.6 Å². The Bertz CT molecular complexity index is 488. The van der Waals surface area contributed by atoms with Crippen LogP contribution < -0.4 is 0 Å². The molecule has 0 aliphatic heterocycles. The van der Waals surface area contributed by atoms with Crippen LogP contribution in [-0.2, 0) is 6.18 Å². The first-order valence-corrected chi connectivity index (χ1v) is 4.86. The van der Waals surface area contributed by atoms with Gasteiger partial charge >= 0.3 is 6.18 Å². The summed E-state index contributed by atoms with van der Waals surface area (Å²) in [7, 11) is 0. The molecule has 0 atom stereocenters. The van der Waals surface area contributed by atoms with Gasteiger partial charge < -0.3 is 4.57 Å². The standard InChI is InChI=1S/C11H7ClF3N/c12-8-3-4-10(16-5-1-2-6-16)9(7-8)11(13,14)15/h1-7H. The molecule has 0 saturated carbocycles. The molecular formula is C11H7ClF3N. The largest absolute Gasteiger partial charge is 0.418 e. The maximum absolute atomic E-state index is 12.7. The summed E-state index contributed by atoms with van der Waals surface area (Å²) in [4.78, 5) is 0. The van der Waals surface area contributed by atoms with Crippen LogP contribution in [0.1, 0.15) is 5.56 Å². The molecule has 0 bridgehead atoms. The SMILES string of the molecule is FC(F)(F)c1cc(Cl)ccc1-n1cccc1. The van der Waals surface area contributed by atoms with Gasteiger partial charge in [0.25, 0.3) is 0 Å². The van der Waals surface area contributed by atoms with Gasteiger partial charge in [-0.25, -0.2) is 0 Å². The Morgan fingerprint density at radius 1 is 1.06 bits per heavy atom. The average Bonchev–Trinajstić information content (AvgIpc) is 2.69. The van der Waals surface area contributed by atoms with Crippen molar-refractivity contribution < 1.29 is 13.2 Å². The normalized spacial score (nSPS) is 11.8. The van der Waals surface area contributed by atoms with Crippen molar-refractivity contribution in [3.8, 4) is 5.69 Å². The Kier molecular flexibility index (Phi) is 2.68. The predicted octanol–water partition coefficient (Wildman–Crippen LogP) is 4.15. The number of hydrogen-bond acceptors (Lipinski definition) is 0. The topological polar surface area (TPSA) is 4.93 Å². The first-order chi connectivity index (χ1) is 7.48. The van der Waals surface area contributed by atoms with Crippen molar-refractivity contribution in [2.75, 3.05) is 0 Å². The predicted molar refractivity (Wildman–Crippen MR) is 55.8 cm³/mol. The van der Waals surface area contributed by atoms with Gasteiger partial charge in [0, 0.05) is 17.4 Å². The van der Waals surface area contributed by atoms with Crippen molar-refractivity contribution >= 4 is 11.6 Å². The van der Waals surface area contributed by atoms with E-state index < -0.39 is 11.7 Å². The van der Waals surface area contributed by atoms with Crippen LogP contribution in [0.15, 0.2) is 42.7 Å². The van der Waals surface area contributed by atoms with E-state index in [1.807, 2.05) is 0 Å². The maximum atomic E-state index is 12.7. The van der Waals surface area contributed by atoms with Crippen LogP contribution in [0.2, 0.25) is 5.02 Å². The Morgan fingerprint density at radius 2 is 1.69 bits per heavy atom. The van der Waals surface area contributed by atoms with Gasteiger partial charge in [0.2, 0.25) is 0 Å². The van der Waals surface area contributed by atoms with Crippen molar-refractivity contribution in [1.82, 2.24) is 4.57 Å². The van der Waals surface area contributed by atoms with Gasteiger partial charge in [0.1, 0.15) is 0 Å². The van der Waals surface area contributed by atoms with E-state index in [1.54, 1.807) is 24.5 Å². The number of nitrogens with zero attached hydrogens (tertiary/aromatic N) is 1. The summed E-state index contributed by atoms with van der Waals surface area (Å²) in [6, 6.07) is 7.04. The zero-order chi connectivity index (χ0) is 11.8. The Balaban J connectivity index is 2.62. The van der Waals surface area contributed by atoms with Gasteiger partial charge in [0.15, 0.2) is 0 Å². The summed E-state index contributed by atoms with van der Waals surface area (Å²) >= 11 is 5.58. The summed E-state index contributed by atoms with van der Waals surface area (Å²) in [6.07, 6.45) is -1.30. The van der Waals surface area contributed by atoms with E-state index in [4.69, 9.17) is 11.6 Å². The molecule has 1 aromatic heterocycles. The van der Waals surface area contributed by atoms with Gasteiger partial charge in [-0.3, -0.25) is 0 Å². The lowest BCUT2D eigenvalue weighted by molar-refractivity contribution is -0.137. The summed E-state index contributed by atoms with van der Waals surface area (Å²) in [6.45, 7) is 0. The lowest BCUT2D eigenvalue weighted by Gasteiger charge is -2.13. The second-order valence-corrected chi connectivity index (χ2v) is 3.69. The summed E-state index contributed by atoms with van der Waals surface area (Å²) < 4.78 is 39.6. The molecule has 0 fully saturated rings. The molecule has 0 N–H and O–H groups in total. The van der Waals surface area contributed by atoms with Crippen molar-refractivity contribution in [1.29, 1.82) is 0 Å². The van der Waals surface area contributed by atoms with Crippen LogP contribution in [0, 0.1) is 0 Å². The fourth-order valence-electron chi connectivity index (χ4n) is 1.46. The van der Waals surface area contributed by atoms with Crippen LogP contribution in [-0.4, -0.2) is 4.57 Å². The number of halogens is 4. The van der Waals surface area contributed by atoms with Crippen LogP contribution in [0.3, 0.4) is 0 Å². The fraction of sp³-hybridized carbons (Fsp3) is 0.0909. The van der Waals surface area contributed by atoms with Crippen molar-refractivity contribution in [3.63, 3.8) is 0 Å². The molecular weight excluding hydrogens is 239 g/mol. The number of rotatable bonds is 1. The first kappa shape index (κ1) is 11.1. The third-order valence-electron chi connectivity index (χ3n) is 2.15. The molecule has 0 amide bonds. The lowest BCUT2D eigenvalue weighted by Crippen LogP contribution is -2.10. The molecule has 2 aromatic rings. The smallest absolute Gasteiger partial charge is 0.323 e. The van der Waals surface area contributed by atoms with Gasteiger partial charge in [-0.05, 0) is 30.3 Å². The molecule has 0 saturated heterocycles. The molecule has 0 unspecified atom stereocenters. The Morgan fingerprint density at radius 3 is 2.25 bits per heavy atom. The number of alkyl halides is 3. The highest BCUT2D eigenvalue weighted by Gasteiger charge is 2.34. The van der Waals surface area contributed by atoms with E-state index in [9.17, 15) is 13.2 Å². The molecule has 2 rings (SSSR count). The zero-order valence-corrected chi connectivity index (χ0v) is 8.76. The van der Waals surface area contributed by atoms with Crippen LogP contribution >= 0.6 is 11.6 Å². The monoisotopic (exact) mass is 245 g/mol. The quantitative estimate of drug-likeness (QED) is 0.711. The average molecular weight is 246 g/mol.